The predicted octanol–water partition coefficient (Wildman–Crippen LogP) is 5.09. The number of anilines is 1. The molecule has 3 heterocycles. The fraction of sp³-hybridized carbons (Fsp3) is 0.520. The zero-order valence-corrected chi connectivity index (χ0v) is 17.7. The van der Waals surface area contributed by atoms with E-state index in [9.17, 15) is 4.79 Å². The molecule has 158 valence electrons. The molecule has 1 N–H and O–H groups in total. The van der Waals surface area contributed by atoms with Crippen molar-refractivity contribution in [3.05, 3.63) is 60.4 Å². The second kappa shape index (κ2) is 8.38. The Labute approximate surface area is 179 Å². The summed E-state index contributed by atoms with van der Waals surface area (Å²) in [5.74, 6) is 0. The zero-order chi connectivity index (χ0) is 20.4. The van der Waals surface area contributed by atoms with Gasteiger partial charge >= 0.3 is 6.03 Å². The third kappa shape index (κ3) is 3.71. The number of piperidine rings is 1. The molecule has 5 rings (SSSR count). The van der Waals surface area contributed by atoms with E-state index in [0.29, 0.717) is 17.5 Å². The van der Waals surface area contributed by atoms with Crippen molar-refractivity contribution in [1.29, 1.82) is 0 Å². The monoisotopic (exact) mass is 404 g/mol. The second-order valence-electron chi connectivity index (χ2n) is 9.29. The normalized spacial score (nSPS) is 24.4. The lowest BCUT2D eigenvalue weighted by Crippen LogP contribution is -2.64. The van der Waals surface area contributed by atoms with Gasteiger partial charge in [-0.1, -0.05) is 37.5 Å². The minimum Gasteiger partial charge on any atom is -0.324 e. The van der Waals surface area contributed by atoms with Gasteiger partial charge in [-0.25, -0.2) is 4.79 Å². The lowest BCUT2D eigenvalue weighted by molar-refractivity contribution is -0.132. The first-order chi connectivity index (χ1) is 14.8. The lowest BCUT2D eigenvalue weighted by Gasteiger charge is -2.63. The van der Waals surface area contributed by atoms with Crippen LogP contribution in [0.4, 0.5) is 10.5 Å². The van der Waals surface area contributed by atoms with Gasteiger partial charge in [0.25, 0.3) is 0 Å². The van der Waals surface area contributed by atoms with Crippen LogP contribution in [-0.4, -0.2) is 46.5 Å². The Hall–Kier alpha value is -2.40. The summed E-state index contributed by atoms with van der Waals surface area (Å²) < 4.78 is 0. The van der Waals surface area contributed by atoms with Crippen LogP contribution in [0.3, 0.4) is 0 Å². The van der Waals surface area contributed by atoms with Crippen LogP contribution in [0.1, 0.15) is 56.6 Å². The molecule has 3 aliphatic rings. The average molecular weight is 405 g/mol. The Morgan fingerprint density at radius 3 is 2.37 bits per heavy atom. The fourth-order valence-corrected chi connectivity index (χ4v) is 6.02. The summed E-state index contributed by atoms with van der Waals surface area (Å²) in [5, 5.41) is 3.03. The van der Waals surface area contributed by atoms with E-state index in [0.717, 1.165) is 31.6 Å². The molecular formula is C25H32N4O. The first kappa shape index (κ1) is 19.6. The Morgan fingerprint density at radius 1 is 0.967 bits per heavy atom. The molecule has 2 aliphatic heterocycles. The Kier molecular flexibility index (Phi) is 5.47. The molecule has 1 atom stereocenters. The van der Waals surface area contributed by atoms with Crippen LogP contribution in [0.15, 0.2) is 54.9 Å². The van der Waals surface area contributed by atoms with Gasteiger partial charge in [-0.15, -0.1) is 0 Å². The van der Waals surface area contributed by atoms with Crippen molar-refractivity contribution in [2.24, 2.45) is 5.41 Å². The summed E-state index contributed by atoms with van der Waals surface area (Å²) in [6.45, 7) is 2.88. The molecule has 2 amide bonds. The van der Waals surface area contributed by atoms with Crippen LogP contribution in [0.25, 0.3) is 0 Å². The molecule has 1 spiro atoms. The summed E-state index contributed by atoms with van der Waals surface area (Å²) in [6.07, 6.45) is 12.8. The number of urea groups is 1. The van der Waals surface area contributed by atoms with Crippen molar-refractivity contribution in [1.82, 2.24) is 14.8 Å². The van der Waals surface area contributed by atoms with Gasteiger partial charge in [0.2, 0.25) is 0 Å². The smallest absolute Gasteiger partial charge is 0.321 e. The third-order valence-corrected chi connectivity index (χ3v) is 7.53. The summed E-state index contributed by atoms with van der Waals surface area (Å²) in [5.41, 5.74) is 2.76. The zero-order valence-electron chi connectivity index (χ0n) is 17.7. The number of hydrogen-bond acceptors (Lipinski definition) is 3. The molecule has 2 saturated heterocycles. The summed E-state index contributed by atoms with van der Waals surface area (Å²) in [6, 6.07) is 15.3. The topological polar surface area (TPSA) is 48.5 Å². The Bertz CT molecular complexity index is 842. The molecule has 30 heavy (non-hydrogen) atoms. The van der Waals surface area contributed by atoms with E-state index >= 15 is 0 Å². The first-order valence-electron chi connectivity index (χ1n) is 11.5. The second-order valence-corrected chi connectivity index (χ2v) is 9.29. The Balaban J connectivity index is 1.24. The molecule has 5 heteroatoms. The number of nitrogens with one attached hydrogen (secondary N) is 1. The average Bonchev–Trinajstić information content (AvgIpc) is 2.80. The van der Waals surface area contributed by atoms with Crippen LogP contribution < -0.4 is 5.32 Å². The van der Waals surface area contributed by atoms with Gasteiger partial charge in [-0.2, -0.15) is 0 Å². The first-order valence-corrected chi connectivity index (χ1v) is 11.5. The molecule has 3 fully saturated rings. The lowest BCUT2D eigenvalue weighted by atomic mass is 9.60. The molecule has 1 aliphatic carbocycles. The van der Waals surface area contributed by atoms with Gasteiger partial charge in [-0.3, -0.25) is 9.88 Å². The molecule has 1 aromatic carbocycles. The summed E-state index contributed by atoms with van der Waals surface area (Å²) in [7, 11) is 0. The molecule has 1 unspecified atom stereocenters. The standard InChI is InChI=1S/C25H32N4O/c30-24(27-21-7-3-1-4-8-21)28-17-11-22(12-18-28)29-19-25(13-5-2-6-14-25)23(29)20-9-15-26-16-10-20/h1,3-4,7-10,15-16,22-23H,2,5-6,11-14,17-19H2,(H,27,30). The van der Waals surface area contributed by atoms with E-state index in [4.69, 9.17) is 0 Å². The van der Waals surface area contributed by atoms with E-state index in [1.807, 2.05) is 47.6 Å². The molecule has 0 bridgehead atoms. The number of likely N-dealkylation sites (tertiary alicyclic amines) is 2. The van der Waals surface area contributed by atoms with Crippen molar-refractivity contribution in [3.8, 4) is 0 Å². The maximum absolute atomic E-state index is 12.6. The number of amides is 2. The van der Waals surface area contributed by atoms with Crippen molar-refractivity contribution < 1.29 is 4.79 Å². The molecule has 1 aromatic heterocycles. The largest absolute Gasteiger partial charge is 0.324 e. The van der Waals surface area contributed by atoms with Crippen LogP contribution in [0.5, 0.6) is 0 Å². The third-order valence-electron chi connectivity index (χ3n) is 7.53. The van der Waals surface area contributed by atoms with Gasteiger partial charge in [-0.05, 0) is 55.5 Å². The number of aromatic nitrogens is 1. The van der Waals surface area contributed by atoms with E-state index < -0.39 is 0 Å². The number of pyridine rings is 1. The van der Waals surface area contributed by atoms with Crippen molar-refractivity contribution in [2.45, 2.75) is 57.0 Å². The fourth-order valence-electron chi connectivity index (χ4n) is 6.02. The highest BCUT2D eigenvalue weighted by molar-refractivity contribution is 5.89. The number of carbonyl (C=O) groups is 1. The van der Waals surface area contributed by atoms with Crippen LogP contribution in [0.2, 0.25) is 0 Å². The molecule has 0 radical (unpaired) electrons. The van der Waals surface area contributed by atoms with Gasteiger partial charge in [0.05, 0.1) is 0 Å². The van der Waals surface area contributed by atoms with Crippen LogP contribution >= 0.6 is 0 Å². The van der Waals surface area contributed by atoms with Gasteiger partial charge in [0.1, 0.15) is 0 Å². The minimum absolute atomic E-state index is 0.0256. The van der Waals surface area contributed by atoms with Gasteiger partial charge in [0, 0.05) is 55.2 Å². The van der Waals surface area contributed by atoms with E-state index in [-0.39, 0.29) is 6.03 Å². The van der Waals surface area contributed by atoms with Crippen molar-refractivity contribution in [2.75, 3.05) is 25.0 Å². The highest BCUT2D eigenvalue weighted by atomic mass is 16.2. The molecule has 2 aromatic rings. The van der Waals surface area contributed by atoms with E-state index in [2.05, 4.69) is 27.3 Å². The number of carbonyl (C=O) groups excluding carboxylic acids is 1. The number of nitrogens with zero attached hydrogens (tertiary/aromatic N) is 3. The quantitative estimate of drug-likeness (QED) is 0.776. The maximum atomic E-state index is 12.6. The van der Waals surface area contributed by atoms with Gasteiger partial charge in [0.15, 0.2) is 0 Å². The highest BCUT2D eigenvalue weighted by Crippen LogP contribution is 2.58. The minimum atomic E-state index is 0.0256. The number of hydrogen-bond donors (Lipinski definition) is 1. The summed E-state index contributed by atoms with van der Waals surface area (Å²) in [4.78, 5) is 21.6. The number of para-hydroxylation sites is 1. The molecule has 5 nitrogen and oxygen atoms in total. The Morgan fingerprint density at radius 2 is 1.67 bits per heavy atom. The number of rotatable bonds is 3. The molecule has 1 saturated carbocycles. The SMILES string of the molecule is O=C(Nc1ccccc1)N1CCC(N2CC3(CCCCC3)C2c2ccncc2)CC1. The number of benzene rings is 1. The highest BCUT2D eigenvalue weighted by Gasteiger charge is 2.54. The van der Waals surface area contributed by atoms with Crippen molar-refractivity contribution in [3.63, 3.8) is 0 Å². The van der Waals surface area contributed by atoms with E-state index in [1.165, 1.54) is 44.2 Å². The predicted molar refractivity (Wildman–Crippen MR) is 119 cm³/mol. The summed E-state index contributed by atoms with van der Waals surface area (Å²) >= 11 is 0. The van der Waals surface area contributed by atoms with Crippen molar-refractivity contribution >= 4 is 11.7 Å². The molecular weight excluding hydrogens is 372 g/mol. The van der Waals surface area contributed by atoms with E-state index in [1.54, 1.807) is 0 Å². The maximum Gasteiger partial charge on any atom is 0.321 e. The van der Waals surface area contributed by atoms with Gasteiger partial charge < -0.3 is 10.2 Å². The van der Waals surface area contributed by atoms with Crippen LogP contribution in [-0.2, 0) is 0 Å². The van der Waals surface area contributed by atoms with Crippen LogP contribution in [0, 0.1) is 5.41 Å².